The number of sulfonamides is 1. The Labute approximate surface area is 174 Å². The van der Waals surface area contributed by atoms with E-state index in [2.05, 4.69) is 5.32 Å². The molecule has 1 N–H and O–H groups in total. The van der Waals surface area contributed by atoms with Crippen LogP contribution in [-0.2, 0) is 19.6 Å². The van der Waals surface area contributed by atoms with Gasteiger partial charge in [-0.05, 0) is 43.2 Å². The van der Waals surface area contributed by atoms with Crippen LogP contribution in [0.15, 0.2) is 52.3 Å². The van der Waals surface area contributed by atoms with Gasteiger partial charge in [-0.1, -0.05) is 30.0 Å². The van der Waals surface area contributed by atoms with Crippen LogP contribution in [0.1, 0.15) is 18.4 Å². The molecule has 152 valence electrons. The number of hydrogen-bond donors (Lipinski definition) is 1. The minimum atomic E-state index is -3.64. The summed E-state index contributed by atoms with van der Waals surface area (Å²) in [4.78, 5) is 27.4. The third-order valence-electron chi connectivity index (χ3n) is 5.23. The Morgan fingerprint density at radius 1 is 1.21 bits per heavy atom. The first kappa shape index (κ1) is 19.9. The van der Waals surface area contributed by atoms with E-state index < -0.39 is 14.9 Å². The molecular formula is C20H21N3O4S2. The third kappa shape index (κ3) is 3.04. The van der Waals surface area contributed by atoms with E-state index in [9.17, 15) is 18.0 Å². The first-order valence-electron chi connectivity index (χ1n) is 9.12. The van der Waals surface area contributed by atoms with Crippen molar-refractivity contribution in [3.8, 4) is 0 Å². The minimum absolute atomic E-state index is 0.0858. The Kier molecular flexibility index (Phi) is 4.71. The Morgan fingerprint density at radius 2 is 1.93 bits per heavy atom. The molecule has 0 unspecified atom stereocenters. The molecule has 0 aliphatic carbocycles. The highest BCUT2D eigenvalue weighted by Crippen LogP contribution is 2.56. The maximum Gasteiger partial charge on any atom is 0.261 e. The van der Waals surface area contributed by atoms with E-state index in [1.54, 1.807) is 24.0 Å². The topological polar surface area (TPSA) is 86.8 Å². The summed E-state index contributed by atoms with van der Waals surface area (Å²) in [5.74, 6) is -0.418. The second-order valence-corrected chi connectivity index (χ2v) is 10.7. The molecule has 29 heavy (non-hydrogen) atoms. The number of thioether (sulfide) groups is 1. The van der Waals surface area contributed by atoms with Crippen molar-refractivity contribution >= 4 is 45.0 Å². The van der Waals surface area contributed by atoms with Crippen LogP contribution in [-0.4, -0.2) is 43.5 Å². The number of para-hydroxylation sites is 1. The third-order valence-corrected chi connectivity index (χ3v) is 8.66. The lowest BCUT2D eigenvalue weighted by Crippen LogP contribution is -2.49. The Bertz CT molecular complexity index is 1130. The standard InChI is InChI=1S/C20H21N3O4S2/c1-13-8-9-14(12-17(13)29(26,27)22(2)3)21-19(25)20-11-10-18(24)23(20)15-6-4-5-7-16(15)28-20/h4-9,12H,10-11H2,1-3H3,(H,21,25)/t20-/m0/s1. The average Bonchev–Trinajstić information content (AvgIpc) is 3.19. The molecule has 1 fully saturated rings. The number of fused-ring (bicyclic) bond motifs is 3. The summed E-state index contributed by atoms with van der Waals surface area (Å²) in [6.45, 7) is 1.71. The number of amides is 2. The van der Waals surface area contributed by atoms with Crippen LogP contribution in [0.2, 0.25) is 0 Å². The molecule has 7 nitrogen and oxygen atoms in total. The molecule has 2 amide bonds. The van der Waals surface area contributed by atoms with Gasteiger partial charge in [-0.25, -0.2) is 12.7 Å². The lowest BCUT2D eigenvalue weighted by molar-refractivity contribution is -0.121. The molecule has 2 aromatic carbocycles. The summed E-state index contributed by atoms with van der Waals surface area (Å²) in [7, 11) is -0.713. The van der Waals surface area contributed by atoms with E-state index in [4.69, 9.17) is 0 Å². The normalized spacial score (nSPS) is 20.7. The zero-order chi connectivity index (χ0) is 21.0. The van der Waals surface area contributed by atoms with Crippen molar-refractivity contribution < 1.29 is 18.0 Å². The summed E-state index contributed by atoms with van der Waals surface area (Å²) in [6, 6.07) is 12.3. The lowest BCUT2D eigenvalue weighted by atomic mass is 10.1. The average molecular weight is 432 g/mol. The van der Waals surface area contributed by atoms with Gasteiger partial charge in [-0.15, -0.1) is 0 Å². The van der Waals surface area contributed by atoms with E-state index in [-0.39, 0.29) is 16.7 Å². The molecule has 2 aliphatic rings. The second kappa shape index (κ2) is 6.86. The monoisotopic (exact) mass is 431 g/mol. The van der Waals surface area contributed by atoms with Crippen LogP contribution >= 0.6 is 11.8 Å². The summed E-state index contributed by atoms with van der Waals surface area (Å²) in [5.41, 5.74) is 1.72. The van der Waals surface area contributed by atoms with Gasteiger partial charge in [0.1, 0.15) is 0 Å². The molecule has 0 radical (unpaired) electrons. The number of aryl methyl sites for hydroxylation is 1. The number of carbonyl (C=O) groups is 2. The molecule has 4 rings (SSSR count). The number of carbonyl (C=O) groups excluding carboxylic acids is 2. The largest absolute Gasteiger partial charge is 0.323 e. The first-order valence-corrected chi connectivity index (χ1v) is 11.4. The Hall–Kier alpha value is -2.36. The SMILES string of the molecule is Cc1ccc(NC(=O)[C@@]23CCC(=O)N2c2ccccc2S3)cc1S(=O)(=O)N(C)C. The maximum absolute atomic E-state index is 13.3. The van der Waals surface area contributed by atoms with Gasteiger partial charge in [0.2, 0.25) is 15.9 Å². The van der Waals surface area contributed by atoms with Gasteiger partial charge in [0, 0.05) is 31.1 Å². The van der Waals surface area contributed by atoms with E-state index >= 15 is 0 Å². The molecule has 9 heteroatoms. The molecule has 1 saturated heterocycles. The fraction of sp³-hybridized carbons (Fsp3) is 0.300. The van der Waals surface area contributed by atoms with Crippen molar-refractivity contribution in [3.63, 3.8) is 0 Å². The van der Waals surface area contributed by atoms with Crippen LogP contribution in [0.5, 0.6) is 0 Å². The minimum Gasteiger partial charge on any atom is -0.323 e. The van der Waals surface area contributed by atoms with Gasteiger partial charge >= 0.3 is 0 Å². The van der Waals surface area contributed by atoms with Crippen molar-refractivity contribution in [1.82, 2.24) is 4.31 Å². The Morgan fingerprint density at radius 3 is 2.66 bits per heavy atom. The zero-order valence-electron chi connectivity index (χ0n) is 16.3. The second-order valence-electron chi connectivity index (χ2n) is 7.31. The first-order chi connectivity index (χ1) is 13.7. The van der Waals surface area contributed by atoms with E-state index in [0.29, 0.717) is 24.1 Å². The van der Waals surface area contributed by atoms with E-state index in [0.717, 1.165) is 14.9 Å². The maximum atomic E-state index is 13.3. The highest BCUT2D eigenvalue weighted by Gasteiger charge is 2.57. The molecule has 0 bridgehead atoms. The predicted octanol–water partition coefficient (Wildman–Crippen LogP) is 2.81. The summed E-state index contributed by atoms with van der Waals surface area (Å²) in [6.07, 6.45) is 0.689. The molecule has 2 aliphatic heterocycles. The predicted molar refractivity (Wildman–Crippen MR) is 112 cm³/mol. The van der Waals surface area contributed by atoms with Crippen LogP contribution < -0.4 is 10.2 Å². The number of rotatable bonds is 4. The van der Waals surface area contributed by atoms with Gasteiger partial charge < -0.3 is 5.32 Å². The van der Waals surface area contributed by atoms with Crippen LogP contribution in [0.4, 0.5) is 11.4 Å². The summed E-state index contributed by atoms with van der Waals surface area (Å²) >= 11 is 1.37. The van der Waals surface area contributed by atoms with Gasteiger partial charge in [-0.3, -0.25) is 14.5 Å². The van der Waals surface area contributed by atoms with Gasteiger partial charge in [-0.2, -0.15) is 0 Å². The smallest absolute Gasteiger partial charge is 0.261 e. The molecular weight excluding hydrogens is 410 g/mol. The summed E-state index contributed by atoms with van der Waals surface area (Å²) < 4.78 is 26.3. The summed E-state index contributed by atoms with van der Waals surface area (Å²) in [5, 5.41) is 2.84. The van der Waals surface area contributed by atoms with Gasteiger partial charge in [0.15, 0.2) is 4.87 Å². The molecule has 2 heterocycles. The van der Waals surface area contributed by atoms with Crippen molar-refractivity contribution in [2.45, 2.75) is 34.4 Å². The number of hydrogen-bond acceptors (Lipinski definition) is 5. The fourth-order valence-corrected chi connectivity index (χ4v) is 6.24. The fourth-order valence-electron chi connectivity index (χ4n) is 3.68. The number of benzene rings is 2. The van der Waals surface area contributed by atoms with Gasteiger partial charge in [0.25, 0.3) is 5.91 Å². The van der Waals surface area contributed by atoms with Crippen LogP contribution in [0.3, 0.4) is 0 Å². The lowest BCUT2D eigenvalue weighted by Gasteiger charge is -2.29. The van der Waals surface area contributed by atoms with Crippen molar-refractivity contribution in [3.05, 3.63) is 48.0 Å². The quantitative estimate of drug-likeness (QED) is 0.804. The molecule has 1 atom stereocenters. The molecule has 0 spiro atoms. The van der Waals surface area contributed by atoms with E-state index in [1.807, 2.05) is 24.3 Å². The number of nitrogens with one attached hydrogen (secondary N) is 1. The molecule has 0 aromatic heterocycles. The molecule has 0 saturated carbocycles. The highest BCUT2D eigenvalue weighted by atomic mass is 32.2. The van der Waals surface area contributed by atoms with Crippen LogP contribution in [0.25, 0.3) is 0 Å². The Balaban J connectivity index is 1.68. The molecule has 2 aromatic rings. The van der Waals surface area contributed by atoms with Crippen LogP contribution in [0, 0.1) is 6.92 Å². The zero-order valence-corrected chi connectivity index (χ0v) is 17.9. The number of anilines is 2. The van der Waals surface area contributed by atoms with E-state index in [1.165, 1.54) is 31.9 Å². The van der Waals surface area contributed by atoms with Crippen molar-refractivity contribution in [1.29, 1.82) is 0 Å². The highest BCUT2D eigenvalue weighted by molar-refractivity contribution is 8.02. The van der Waals surface area contributed by atoms with Crippen molar-refractivity contribution in [2.24, 2.45) is 0 Å². The van der Waals surface area contributed by atoms with Crippen molar-refractivity contribution in [2.75, 3.05) is 24.3 Å². The van der Waals surface area contributed by atoms with Gasteiger partial charge in [0.05, 0.1) is 10.6 Å². The number of nitrogens with zero attached hydrogens (tertiary/aromatic N) is 2.